The fraction of sp³-hybridized carbons (Fsp3) is 0.273. The van der Waals surface area contributed by atoms with Crippen molar-refractivity contribution < 1.29 is 32.2 Å². The molecule has 0 saturated heterocycles. The summed E-state index contributed by atoms with van der Waals surface area (Å²) in [6, 6.07) is 1.09. The average Bonchev–Trinajstić information content (AvgIpc) is 2.37. The lowest BCUT2D eigenvalue weighted by atomic mass is 10.2. The molecule has 1 rings (SSSR count). The monoisotopic (exact) mass is 305 g/mol. The van der Waals surface area contributed by atoms with Gasteiger partial charge in [-0.25, -0.2) is 17.6 Å². The highest BCUT2D eigenvalue weighted by Crippen LogP contribution is 2.17. The van der Waals surface area contributed by atoms with Gasteiger partial charge in [0, 0.05) is 0 Å². The molecule has 0 amide bonds. The van der Waals surface area contributed by atoms with Crippen LogP contribution in [0.4, 0.5) is 4.39 Å². The van der Waals surface area contributed by atoms with Crippen molar-refractivity contribution >= 4 is 22.0 Å². The second-order valence-electron chi connectivity index (χ2n) is 3.82. The summed E-state index contributed by atoms with van der Waals surface area (Å²) in [4.78, 5) is 21.0. The van der Waals surface area contributed by atoms with Crippen molar-refractivity contribution in [2.75, 3.05) is 7.11 Å². The minimum absolute atomic E-state index is 0.391. The number of carbonyl (C=O) groups is 2. The molecule has 110 valence electrons. The fourth-order valence-corrected chi connectivity index (χ4v) is 2.66. The van der Waals surface area contributed by atoms with Crippen LogP contribution in [0.5, 0.6) is 0 Å². The van der Waals surface area contributed by atoms with E-state index in [9.17, 15) is 22.4 Å². The highest BCUT2D eigenvalue weighted by atomic mass is 32.2. The van der Waals surface area contributed by atoms with Crippen LogP contribution in [0.25, 0.3) is 0 Å². The zero-order valence-electron chi connectivity index (χ0n) is 10.6. The summed E-state index contributed by atoms with van der Waals surface area (Å²) in [6.07, 6.45) is 0. The van der Waals surface area contributed by atoms with Crippen molar-refractivity contribution in [3.63, 3.8) is 0 Å². The number of esters is 1. The number of rotatable bonds is 5. The van der Waals surface area contributed by atoms with E-state index < -0.39 is 44.3 Å². The summed E-state index contributed by atoms with van der Waals surface area (Å²) in [6.45, 7) is 1.21. The maximum absolute atomic E-state index is 13.5. The third kappa shape index (κ3) is 3.52. The van der Waals surface area contributed by atoms with Crippen LogP contribution in [0.15, 0.2) is 23.1 Å². The Hall–Kier alpha value is -2.00. The Morgan fingerprint density at radius 3 is 2.50 bits per heavy atom. The van der Waals surface area contributed by atoms with Gasteiger partial charge in [-0.3, -0.25) is 4.79 Å². The van der Waals surface area contributed by atoms with Crippen molar-refractivity contribution in [3.05, 3.63) is 29.6 Å². The molecule has 0 aliphatic rings. The van der Waals surface area contributed by atoms with Gasteiger partial charge < -0.3 is 9.84 Å². The molecule has 2 N–H and O–H groups in total. The van der Waals surface area contributed by atoms with E-state index in [4.69, 9.17) is 5.11 Å². The lowest BCUT2D eigenvalue weighted by Gasteiger charge is -2.12. The number of nitrogens with one attached hydrogen (secondary N) is 1. The number of carboxylic acids is 1. The zero-order chi connectivity index (χ0) is 15.5. The molecule has 1 atom stereocenters. The predicted octanol–water partition coefficient (Wildman–Crippen LogP) is 0.364. The summed E-state index contributed by atoms with van der Waals surface area (Å²) in [5, 5.41) is 8.76. The number of benzene rings is 1. The van der Waals surface area contributed by atoms with Gasteiger partial charge in [0.15, 0.2) is 0 Å². The highest BCUT2D eigenvalue weighted by molar-refractivity contribution is 7.89. The molecular weight excluding hydrogens is 293 g/mol. The summed E-state index contributed by atoms with van der Waals surface area (Å²) < 4.78 is 43.6. The molecule has 7 nitrogen and oxygen atoms in total. The van der Waals surface area contributed by atoms with Gasteiger partial charge in [0.25, 0.3) is 0 Å². The summed E-state index contributed by atoms with van der Waals surface area (Å²) in [5.41, 5.74) is -0.391. The van der Waals surface area contributed by atoms with Crippen molar-refractivity contribution in [2.45, 2.75) is 17.9 Å². The maximum atomic E-state index is 13.5. The first-order chi connectivity index (χ1) is 9.19. The number of hydrogen-bond acceptors (Lipinski definition) is 5. The molecule has 0 unspecified atom stereocenters. The number of carbonyl (C=O) groups excluding carboxylic acids is 1. The van der Waals surface area contributed by atoms with Crippen molar-refractivity contribution in [3.8, 4) is 0 Å². The SMILES string of the molecule is COC(=O)[C@H](C)NS(=O)(=O)c1cc(C(=O)O)ccc1F. The minimum Gasteiger partial charge on any atom is -0.478 e. The second kappa shape index (κ2) is 5.97. The molecule has 0 aromatic heterocycles. The number of halogens is 1. The lowest BCUT2D eigenvalue weighted by Crippen LogP contribution is -2.39. The third-order valence-electron chi connectivity index (χ3n) is 2.35. The normalized spacial score (nSPS) is 12.8. The standard InChI is InChI=1S/C11H12FNO6S/c1-6(11(16)19-2)13-20(17,18)9-5-7(10(14)15)3-4-8(9)12/h3-6,13H,1-2H3,(H,14,15)/t6-/m0/s1. The smallest absolute Gasteiger partial charge is 0.335 e. The average molecular weight is 305 g/mol. The van der Waals surface area contributed by atoms with Gasteiger partial charge in [-0.15, -0.1) is 0 Å². The molecule has 0 spiro atoms. The molecule has 0 bridgehead atoms. The molecule has 0 aliphatic heterocycles. The summed E-state index contributed by atoms with van der Waals surface area (Å²) in [7, 11) is -3.32. The van der Waals surface area contributed by atoms with Gasteiger partial charge in [-0.1, -0.05) is 0 Å². The topological polar surface area (TPSA) is 110 Å². The van der Waals surface area contributed by atoms with Crippen LogP contribution in [-0.2, 0) is 19.6 Å². The van der Waals surface area contributed by atoms with Crippen molar-refractivity contribution in [2.24, 2.45) is 0 Å². The number of sulfonamides is 1. The van der Waals surface area contributed by atoms with Crippen LogP contribution in [0, 0.1) is 5.82 Å². The maximum Gasteiger partial charge on any atom is 0.335 e. The van der Waals surface area contributed by atoms with E-state index in [1.807, 2.05) is 4.72 Å². The third-order valence-corrected chi connectivity index (χ3v) is 3.91. The molecule has 0 radical (unpaired) electrons. The zero-order valence-corrected chi connectivity index (χ0v) is 11.4. The molecular formula is C11H12FNO6S. The lowest BCUT2D eigenvalue weighted by molar-refractivity contribution is -0.142. The summed E-state index contributed by atoms with van der Waals surface area (Å²) >= 11 is 0. The van der Waals surface area contributed by atoms with Crippen LogP contribution >= 0.6 is 0 Å². The molecule has 0 aliphatic carbocycles. The van der Waals surface area contributed by atoms with E-state index in [0.717, 1.165) is 19.2 Å². The van der Waals surface area contributed by atoms with E-state index in [0.29, 0.717) is 6.07 Å². The highest BCUT2D eigenvalue weighted by Gasteiger charge is 2.26. The van der Waals surface area contributed by atoms with Gasteiger partial charge in [-0.2, -0.15) is 4.72 Å². The van der Waals surface area contributed by atoms with Crippen LogP contribution in [0.3, 0.4) is 0 Å². The Bertz CT molecular complexity index is 642. The Morgan fingerprint density at radius 2 is 2.00 bits per heavy atom. The van der Waals surface area contributed by atoms with E-state index in [-0.39, 0.29) is 0 Å². The number of methoxy groups -OCH3 is 1. The Balaban J connectivity index is 3.18. The summed E-state index contributed by atoms with van der Waals surface area (Å²) in [5.74, 6) is -3.38. The first-order valence-electron chi connectivity index (χ1n) is 5.32. The molecule has 1 aromatic carbocycles. The van der Waals surface area contributed by atoms with Crippen LogP contribution in [0.2, 0.25) is 0 Å². The number of ether oxygens (including phenoxy) is 1. The Morgan fingerprint density at radius 1 is 1.40 bits per heavy atom. The van der Waals surface area contributed by atoms with E-state index >= 15 is 0 Å². The van der Waals surface area contributed by atoms with Gasteiger partial charge in [0.05, 0.1) is 12.7 Å². The number of aromatic carboxylic acids is 1. The molecule has 0 fully saturated rings. The quantitative estimate of drug-likeness (QED) is 0.760. The van der Waals surface area contributed by atoms with Crippen LogP contribution in [0.1, 0.15) is 17.3 Å². The van der Waals surface area contributed by atoms with E-state index in [1.165, 1.54) is 6.92 Å². The largest absolute Gasteiger partial charge is 0.478 e. The van der Waals surface area contributed by atoms with Gasteiger partial charge in [0.2, 0.25) is 10.0 Å². The molecule has 9 heteroatoms. The van der Waals surface area contributed by atoms with E-state index in [2.05, 4.69) is 4.74 Å². The van der Waals surface area contributed by atoms with Crippen molar-refractivity contribution in [1.29, 1.82) is 0 Å². The second-order valence-corrected chi connectivity index (χ2v) is 5.50. The van der Waals surface area contributed by atoms with E-state index in [1.54, 1.807) is 0 Å². The Labute approximate surface area is 114 Å². The first kappa shape index (κ1) is 16.1. The predicted molar refractivity (Wildman–Crippen MR) is 65.2 cm³/mol. The molecule has 1 aromatic rings. The fourth-order valence-electron chi connectivity index (χ4n) is 1.36. The minimum atomic E-state index is -4.39. The molecule has 20 heavy (non-hydrogen) atoms. The van der Waals surface area contributed by atoms with Gasteiger partial charge in [-0.05, 0) is 25.1 Å². The first-order valence-corrected chi connectivity index (χ1v) is 6.80. The number of hydrogen-bond donors (Lipinski definition) is 2. The molecule has 0 saturated carbocycles. The van der Waals surface area contributed by atoms with Gasteiger partial charge >= 0.3 is 11.9 Å². The molecule has 0 heterocycles. The van der Waals surface area contributed by atoms with Crippen LogP contribution in [-0.4, -0.2) is 38.6 Å². The number of carboxylic acid groups (broad SMARTS) is 1. The van der Waals surface area contributed by atoms with Gasteiger partial charge in [0.1, 0.15) is 16.8 Å². The van der Waals surface area contributed by atoms with Crippen LogP contribution < -0.4 is 4.72 Å². The van der Waals surface area contributed by atoms with Crippen molar-refractivity contribution in [1.82, 2.24) is 4.72 Å². The Kier molecular flexibility index (Phi) is 4.79.